The van der Waals surface area contributed by atoms with Crippen LogP contribution in [0, 0.1) is 5.92 Å². The number of carbonyl (C=O) groups excluding carboxylic acids is 2. The molecule has 0 aromatic carbocycles. The van der Waals surface area contributed by atoms with Crippen LogP contribution in [0.25, 0.3) is 0 Å². The molecule has 2 atom stereocenters. The Balaban J connectivity index is 1.48. The van der Waals surface area contributed by atoms with E-state index in [2.05, 4.69) is 30.5 Å². The molecule has 0 spiro atoms. The maximum Gasteiger partial charge on any atom is 0.248 e. The van der Waals surface area contributed by atoms with E-state index in [0.29, 0.717) is 17.2 Å². The minimum atomic E-state index is -1.60. The predicted octanol–water partition coefficient (Wildman–Crippen LogP) is 1.23. The smallest absolute Gasteiger partial charge is 0.248 e. The summed E-state index contributed by atoms with van der Waals surface area (Å²) < 4.78 is 0. The molecule has 0 bridgehead atoms. The first-order chi connectivity index (χ1) is 17.3. The van der Waals surface area contributed by atoms with E-state index in [-0.39, 0.29) is 23.7 Å². The van der Waals surface area contributed by atoms with Gasteiger partial charge in [0.05, 0.1) is 23.8 Å². The van der Waals surface area contributed by atoms with E-state index in [1.807, 2.05) is 18.3 Å². The molecular weight excluding hydrogens is 460 g/mol. The first kappa shape index (κ1) is 24.4. The minimum Gasteiger partial charge on any atom is -0.380 e. The molecule has 2 aromatic rings. The van der Waals surface area contributed by atoms with Gasteiger partial charge in [-0.25, -0.2) is 15.0 Å². The molecule has 2 aromatic heterocycles. The molecule has 192 valence electrons. The summed E-state index contributed by atoms with van der Waals surface area (Å²) in [7, 11) is 3.26. The number of hydrogen-bond donors (Lipinski definition) is 3. The molecule has 3 N–H and O–H groups in total. The van der Waals surface area contributed by atoms with Crippen LogP contribution in [-0.2, 0) is 15.2 Å². The first-order valence-corrected chi connectivity index (χ1v) is 12.6. The number of aliphatic hydroxyl groups is 1. The Morgan fingerprint density at radius 1 is 1.14 bits per heavy atom. The van der Waals surface area contributed by atoms with Crippen LogP contribution in [0.3, 0.4) is 0 Å². The average Bonchev–Trinajstić information content (AvgIpc) is 3.51. The number of piperazine rings is 1. The molecule has 5 rings (SSSR count). The van der Waals surface area contributed by atoms with Crippen LogP contribution in [-0.4, -0.2) is 83.1 Å². The number of carbonyl (C=O) groups is 2. The van der Waals surface area contributed by atoms with Gasteiger partial charge in [0.1, 0.15) is 17.1 Å². The van der Waals surface area contributed by atoms with Crippen molar-refractivity contribution in [3.8, 4) is 0 Å². The molecule has 11 heteroatoms. The van der Waals surface area contributed by atoms with Crippen LogP contribution in [0.1, 0.15) is 38.3 Å². The number of amides is 2. The van der Waals surface area contributed by atoms with Gasteiger partial charge in [-0.1, -0.05) is 12.8 Å². The van der Waals surface area contributed by atoms with Gasteiger partial charge >= 0.3 is 0 Å². The zero-order valence-corrected chi connectivity index (χ0v) is 21.1. The molecule has 2 amide bonds. The van der Waals surface area contributed by atoms with Gasteiger partial charge < -0.3 is 25.5 Å². The highest BCUT2D eigenvalue weighted by molar-refractivity contribution is 6.03. The second-order valence-electron chi connectivity index (χ2n) is 10.0. The zero-order chi connectivity index (χ0) is 25.4. The Labute approximate surface area is 210 Å². The van der Waals surface area contributed by atoms with Gasteiger partial charge in [0.25, 0.3) is 0 Å². The predicted molar refractivity (Wildman–Crippen MR) is 136 cm³/mol. The van der Waals surface area contributed by atoms with E-state index >= 15 is 0 Å². The topological polar surface area (TPSA) is 127 Å². The highest BCUT2D eigenvalue weighted by atomic mass is 16.3. The summed E-state index contributed by atoms with van der Waals surface area (Å²) in [6.07, 6.45) is 6.79. The van der Waals surface area contributed by atoms with Crippen LogP contribution >= 0.6 is 0 Å². The van der Waals surface area contributed by atoms with Crippen molar-refractivity contribution in [1.82, 2.24) is 25.2 Å². The van der Waals surface area contributed by atoms with E-state index in [4.69, 9.17) is 0 Å². The minimum absolute atomic E-state index is 0.186. The lowest BCUT2D eigenvalue weighted by Crippen LogP contribution is -2.58. The van der Waals surface area contributed by atoms with Crippen molar-refractivity contribution in [1.29, 1.82) is 0 Å². The van der Waals surface area contributed by atoms with E-state index < -0.39 is 11.6 Å². The maximum atomic E-state index is 13.3. The molecule has 0 radical (unpaired) electrons. The Hall–Kier alpha value is -3.31. The number of likely N-dealkylation sites (N-methyl/N-ethyl adjacent to an activating group) is 1. The standard InChI is InChI=1S/C25H34N8O3/c1-16(34)33-19-15-28-24(29-20-9-8-18(14-27-20)32-12-10-26-11-13-32)30-21(19)25(36,17-6-4-5-7-17)22(33)23(35)31(2)3/h8-9,14-15,17,22,26,36H,4-7,10-13H2,1-3H3,(H,27,28,29,30). The molecule has 1 aliphatic carbocycles. The van der Waals surface area contributed by atoms with Crippen LogP contribution in [0.15, 0.2) is 24.5 Å². The molecule has 1 saturated heterocycles. The number of rotatable bonds is 5. The second-order valence-corrected chi connectivity index (χ2v) is 10.0. The molecule has 36 heavy (non-hydrogen) atoms. The van der Waals surface area contributed by atoms with Crippen molar-refractivity contribution >= 4 is 35.0 Å². The third kappa shape index (κ3) is 4.16. The van der Waals surface area contributed by atoms with Crippen molar-refractivity contribution in [3.63, 3.8) is 0 Å². The molecule has 2 aliphatic heterocycles. The zero-order valence-electron chi connectivity index (χ0n) is 21.1. The Bertz CT molecular complexity index is 1130. The van der Waals surface area contributed by atoms with Gasteiger partial charge in [-0.2, -0.15) is 0 Å². The normalized spacial score (nSPS) is 24.1. The number of hydrogen-bond acceptors (Lipinski definition) is 9. The van der Waals surface area contributed by atoms with E-state index in [1.165, 1.54) is 22.9 Å². The van der Waals surface area contributed by atoms with Gasteiger partial charge in [0.15, 0.2) is 6.04 Å². The van der Waals surface area contributed by atoms with Crippen molar-refractivity contribution in [2.75, 3.05) is 55.4 Å². The Morgan fingerprint density at radius 3 is 2.47 bits per heavy atom. The third-order valence-corrected chi connectivity index (χ3v) is 7.54. The first-order valence-electron chi connectivity index (χ1n) is 12.6. The third-order valence-electron chi connectivity index (χ3n) is 7.54. The molecule has 1 saturated carbocycles. The number of anilines is 4. The van der Waals surface area contributed by atoms with Gasteiger partial charge in [-0.05, 0) is 30.9 Å². The number of nitrogens with zero attached hydrogens (tertiary/aromatic N) is 6. The summed E-state index contributed by atoms with van der Waals surface area (Å²) in [5.41, 5.74) is 0.150. The summed E-state index contributed by atoms with van der Waals surface area (Å²) in [6.45, 7) is 5.16. The lowest BCUT2D eigenvalue weighted by Gasteiger charge is -2.38. The second kappa shape index (κ2) is 9.62. The largest absolute Gasteiger partial charge is 0.380 e. The number of nitrogens with one attached hydrogen (secondary N) is 2. The molecule has 4 heterocycles. The monoisotopic (exact) mass is 494 g/mol. The van der Waals surface area contributed by atoms with Crippen LogP contribution in [0.5, 0.6) is 0 Å². The summed E-state index contributed by atoms with van der Waals surface area (Å²) in [4.78, 5) is 44.8. The average molecular weight is 495 g/mol. The SMILES string of the molecule is CC(=O)N1c2cnc(Nc3ccc(N4CCNCC4)cn3)nc2C(O)(C2CCCC2)C1C(=O)N(C)C. The van der Waals surface area contributed by atoms with Crippen LogP contribution in [0.4, 0.5) is 23.1 Å². The fraction of sp³-hybridized carbons (Fsp3) is 0.560. The lowest BCUT2D eigenvalue weighted by molar-refractivity contribution is -0.142. The highest BCUT2D eigenvalue weighted by Crippen LogP contribution is 2.52. The van der Waals surface area contributed by atoms with Crippen molar-refractivity contribution in [2.24, 2.45) is 5.92 Å². The summed E-state index contributed by atoms with van der Waals surface area (Å²) in [5, 5.41) is 18.7. The molecule has 2 fully saturated rings. The van der Waals surface area contributed by atoms with E-state index in [0.717, 1.165) is 57.5 Å². The summed E-state index contributed by atoms with van der Waals surface area (Å²) in [6, 6.07) is 2.80. The fourth-order valence-electron chi connectivity index (χ4n) is 5.73. The van der Waals surface area contributed by atoms with Crippen molar-refractivity contribution in [3.05, 3.63) is 30.2 Å². The summed E-state index contributed by atoms with van der Waals surface area (Å²) >= 11 is 0. The molecular formula is C25H34N8O3. The molecule has 11 nitrogen and oxygen atoms in total. The van der Waals surface area contributed by atoms with Gasteiger partial charge in [-0.15, -0.1) is 0 Å². The Kier molecular flexibility index (Phi) is 6.52. The number of fused-ring (bicyclic) bond motifs is 1. The van der Waals surface area contributed by atoms with Gasteiger partial charge in [-0.3, -0.25) is 14.5 Å². The quantitative estimate of drug-likeness (QED) is 0.562. The van der Waals surface area contributed by atoms with Crippen LogP contribution < -0.4 is 20.4 Å². The fourth-order valence-corrected chi connectivity index (χ4v) is 5.73. The van der Waals surface area contributed by atoms with Gasteiger partial charge in [0.2, 0.25) is 17.8 Å². The van der Waals surface area contributed by atoms with Crippen molar-refractivity contribution in [2.45, 2.75) is 44.2 Å². The van der Waals surface area contributed by atoms with Crippen LogP contribution in [0.2, 0.25) is 0 Å². The number of aromatic nitrogens is 3. The van der Waals surface area contributed by atoms with E-state index in [1.54, 1.807) is 14.1 Å². The molecule has 3 aliphatic rings. The van der Waals surface area contributed by atoms with Crippen molar-refractivity contribution < 1.29 is 14.7 Å². The Morgan fingerprint density at radius 2 is 1.86 bits per heavy atom. The van der Waals surface area contributed by atoms with Gasteiger partial charge in [0, 0.05) is 47.2 Å². The highest BCUT2D eigenvalue weighted by Gasteiger charge is 2.60. The molecule has 2 unspecified atom stereocenters. The maximum absolute atomic E-state index is 13.3. The van der Waals surface area contributed by atoms with E-state index in [9.17, 15) is 14.7 Å². The lowest BCUT2D eigenvalue weighted by atomic mass is 9.78. The number of pyridine rings is 1. The summed E-state index contributed by atoms with van der Waals surface area (Å²) in [5.74, 6) is -0.0274.